The van der Waals surface area contributed by atoms with Crippen molar-refractivity contribution in [2.45, 2.75) is 12.5 Å². The number of hydrogen-bond donors (Lipinski definition) is 1. The molecule has 1 aromatic rings. The van der Waals surface area contributed by atoms with Crippen LogP contribution in [0.1, 0.15) is 12.0 Å². The minimum Gasteiger partial charge on any atom is -0.354 e. The molecule has 0 spiro atoms. The summed E-state index contributed by atoms with van der Waals surface area (Å²) in [4.78, 5) is 16.0. The molecule has 1 saturated heterocycles. The second-order valence-corrected chi connectivity index (χ2v) is 4.19. The van der Waals surface area contributed by atoms with E-state index in [2.05, 4.69) is 10.3 Å². The second-order valence-electron chi connectivity index (χ2n) is 4.19. The number of nitrogens with zero attached hydrogens (tertiary/aromatic N) is 4. The standard InChI is InChI=1S/C11H13N5O2/c1-15(9-2-3-13-6-9)11-8(5-12)4-10(7-14-11)16(17)18/h4,7,9,13H,2-3,6H2,1H3. The summed E-state index contributed by atoms with van der Waals surface area (Å²) in [6.07, 6.45) is 2.16. The molecule has 0 bridgehead atoms. The van der Waals surface area contributed by atoms with E-state index in [1.54, 1.807) is 0 Å². The summed E-state index contributed by atoms with van der Waals surface area (Å²) in [5.74, 6) is 0.497. The number of rotatable bonds is 3. The third kappa shape index (κ3) is 2.24. The largest absolute Gasteiger partial charge is 0.354 e. The van der Waals surface area contributed by atoms with Crippen LogP contribution < -0.4 is 10.2 Å². The van der Waals surface area contributed by atoms with Gasteiger partial charge in [0.2, 0.25) is 0 Å². The average molecular weight is 247 g/mol. The highest BCUT2D eigenvalue weighted by Crippen LogP contribution is 2.23. The van der Waals surface area contributed by atoms with Crippen molar-refractivity contribution in [3.05, 3.63) is 27.9 Å². The fourth-order valence-corrected chi connectivity index (χ4v) is 2.05. The Morgan fingerprint density at radius 3 is 3.06 bits per heavy atom. The quantitative estimate of drug-likeness (QED) is 0.622. The van der Waals surface area contributed by atoms with Gasteiger partial charge in [-0.2, -0.15) is 5.26 Å². The molecule has 0 aliphatic carbocycles. The number of anilines is 1. The molecule has 2 heterocycles. The van der Waals surface area contributed by atoms with E-state index in [0.29, 0.717) is 5.82 Å². The number of nitro groups is 1. The molecule has 0 saturated carbocycles. The van der Waals surface area contributed by atoms with Crippen LogP contribution in [0.5, 0.6) is 0 Å². The van der Waals surface area contributed by atoms with Crippen molar-refractivity contribution in [3.8, 4) is 6.07 Å². The SMILES string of the molecule is CN(c1ncc([N+](=O)[O-])cc1C#N)C1CCNC1. The van der Waals surface area contributed by atoms with Crippen molar-refractivity contribution < 1.29 is 4.92 Å². The molecule has 0 aromatic carbocycles. The lowest BCUT2D eigenvalue weighted by Gasteiger charge is -2.25. The predicted octanol–water partition coefficient (Wildman–Crippen LogP) is 0.660. The molecular formula is C11H13N5O2. The minimum absolute atomic E-state index is 0.159. The monoisotopic (exact) mass is 247 g/mol. The van der Waals surface area contributed by atoms with Crippen LogP contribution >= 0.6 is 0 Å². The summed E-state index contributed by atoms with van der Waals surface area (Å²) < 4.78 is 0. The van der Waals surface area contributed by atoms with Crippen LogP contribution in [0, 0.1) is 21.4 Å². The van der Waals surface area contributed by atoms with Crippen molar-refractivity contribution in [2.24, 2.45) is 0 Å². The van der Waals surface area contributed by atoms with Crippen molar-refractivity contribution in [1.82, 2.24) is 10.3 Å². The van der Waals surface area contributed by atoms with E-state index < -0.39 is 4.92 Å². The van der Waals surface area contributed by atoms with Crippen LogP contribution in [0.15, 0.2) is 12.3 Å². The Bertz CT molecular complexity index is 505. The van der Waals surface area contributed by atoms with E-state index in [-0.39, 0.29) is 17.3 Å². The summed E-state index contributed by atoms with van der Waals surface area (Å²) in [5.41, 5.74) is 0.0758. The molecular weight excluding hydrogens is 234 g/mol. The third-order valence-electron chi connectivity index (χ3n) is 3.10. The topological polar surface area (TPSA) is 95.1 Å². The maximum Gasteiger partial charge on any atom is 0.289 e. The first-order valence-electron chi connectivity index (χ1n) is 5.61. The maximum absolute atomic E-state index is 10.6. The highest BCUT2D eigenvalue weighted by atomic mass is 16.6. The Morgan fingerprint density at radius 1 is 1.72 bits per heavy atom. The molecule has 1 aliphatic rings. The Morgan fingerprint density at radius 2 is 2.50 bits per heavy atom. The lowest BCUT2D eigenvalue weighted by molar-refractivity contribution is -0.385. The normalized spacial score (nSPS) is 18.3. The molecule has 1 fully saturated rings. The van der Waals surface area contributed by atoms with Crippen LogP contribution in [0.2, 0.25) is 0 Å². The molecule has 0 radical (unpaired) electrons. The second kappa shape index (κ2) is 4.98. The molecule has 7 heteroatoms. The molecule has 1 N–H and O–H groups in total. The molecule has 1 aliphatic heterocycles. The van der Waals surface area contributed by atoms with E-state index in [1.165, 1.54) is 12.3 Å². The first-order chi connectivity index (χ1) is 8.63. The van der Waals surface area contributed by atoms with Gasteiger partial charge >= 0.3 is 0 Å². The van der Waals surface area contributed by atoms with Gasteiger partial charge in [0.25, 0.3) is 5.69 Å². The van der Waals surface area contributed by atoms with Gasteiger partial charge in [0.15, 0.2) is 0 Å². The Balaban J connectivity index is 2.32. The molecule has 18 heavy (non-hydrogen) atoms. The van der Waals surface area contributed by atoms with Crippen LogP contribution in [-0.2, 0) is 0 Å². The van der Waals surface area contributed by atoms with E-state index in [1.807, 2.05) is 18.0 Å². The molecule has 7 nitrogen and oxygen atoms in total. The Labute approximate surface area is 104 Å². The van der Waals surface area contributed by atoms with Gasteiger partial charge in [-0.15, -0.1) is 0 Å². The third-order valence-corrected chi connectivity index (χ3v) is 3.10. The Kier molecular flexibility index (Phi) is 3.39. The number of likely N-dealkylation sites (N-methyl/N-ethyl adjacent to an activating group) is 1. The van der Waals surface area contributed by atoms with E-state index in [4.69, 9.17) is 5.26 Å². The van der Waals surface area contributed by atoms with E-state index in [0.717, 1.165) is 19.5 Å². The number of nitrogens with one attached hydrogen (secondary N) is 1. The summed E-state index contributed by atoms with van der Waals surface area (Å²) in [5, 5.41) is 22.9. The first kappa shape index (κ1) is 12.3. The van der Waals surface area contributed by atoms with Crippen LogP contribution in [0.4, 0.5) is 11.5 Å². The predicted molar refractivity (Wildman–Crippen MR) is 65.3 cm³/mol. The van der Waals surface area contributed by atoms with Gasteiger partial charge in [-0.1, -0.05) is 0 Å². The summed E-state index contributed by atoms with van der Waals surface area (Å²) in [6, 6.07) is 3.50. The van der Waals surface area contributed by atoms with Crippen LogP contribution in [0.3, 0.4) is 0 Å². The molecule has 1 unspecified atom stereocenters. The van der Waals surface area contributed by atoms with Gasteiger partial charge < -0.3 is 10.2 Å². The van der Waals surface area contributed by atoms with Crippen LogP contribution in [-0.4, -0.2) is 36.1 Å². The number of hydrogen-bond acceptors (Lipinski definition) is 6. The Hall–Kier alpha value is -2.20. The first-order valence-corrected chi connectivity index (χ1v) is 5.61. The van der Waals surface area contributed by atoms with Gasteiger partial charge in [0.05, 0.1) is 4.92 Å². The average Bonchev–Trinajstić information content (AvgIpc) is 2.90. The summed E-state index contributed by atoms with van der Waals surface area (Å²) in [7, 11) is 1.85. The molecule has 0 amide bonds. The summed E-state index contributed by atoms with van der Waals surface area (Å²) in [6.45, 7) is 1.77. The smallest absolute Gasteiger partial charge is 0.289 e. The minimum atomic E-state index is -0.547. The zero-order valence-electron chi connectivity index (χ0n) is 9.96. The van der Waals surface area contributed by atoms with Crippen LogP contribution in [0.25, 0.3) is 0 Å². The van der Waals surface area contributed by atoms with Crippen molar-refractivity contribution in [1.29, 1.82) is 5.26 Å². The van der Waals surface area contributed by atoms with E-state index >= 15 is 0 Å². The lowest BCUT2D eigenvalue weighted by Crippen LogP contribution is -2.34. The van der Waals surface area contributed by atoms with Gasteiger partial charge in [-0.05, 0) is 13.0 Å². The van der Waals surface area contributed by atoms with Gasteiger partial charge in [-0.3, -0.25) is 10.1 Å². The molecule has 1 aromatic heterocycles. The van der Waals surface area contributed by atoms with E-state index in [9.17, 15) is 10.1 Å². The highest BCUT2D eigenvalue weighted by molar-refractivity contribution is 5.57. The number of nitriles is 1. The lowest BCUT2D eigenvalue weighted by atomic mass is 10.2. The van der Waals surface area contributed by atoms with Crippen molar-refractivity contribution >= 4 is 11.5 Å². The number of pyridine rings is 1. The fourth-order valence-electron chi connectivity index (χ4n) is 2.05. The number of aromatic nitrogens is 1. The highest BCUT2D eigenvalue weighted by Gasteiger charge is 2.23. The van der Waals surface area contributed by atoms with Gasteiger partial charge in [0.1, 0.15) is 23.6 Å². The zero-order chi connectivity index (χ0) is 13.1. The van der Waals surface area contributed by atoms with Gasteiger partial charge in [-0.25, -0.2) is 4.98 Å². The fraction of sp³-hybridized carbons (Fsp3) is 0.455. The molecule has 2 rings (SSSR count). The van der Waals surface area contributed by atoms with Gasteiger partial charge in [0, 0.05) is 25.7 Å². The van der Waals surface area contributed by atoms with Crippen molar-refractivity contribution in [2.75, 3.05) is 25.0 Å². The maximum atomic E-state index is 10.6. The van der Waals surface area contributed by atoms with Crippen molar-refractivity contribution in [3.63, 3.8) is 0 Å². The molecule has 1 atom stereocenters. The molecule has 94 valence electrons. The zero-order valence-corrected chi connectivity index (χ0v) is 9.96. The summed E-state index contributed by atoms with van der Waals surface area (Å²) >= 11 is 0.